The van der Waals surface area contributed by atoms with Crippen LogP contribution in [0.25, 0.3) is 16.5 Å². The van der Waals surface area contributed by atoms with Gasteiger partial charge in [0.05, 0.1) is 13.4 Å². The standard InChI is InChI=1S/C18H21NO5/c1-9(6-15(20)19-12(4)18(21)22)13-7-14-10(2)8-24-17(14)11(3)16(13)23-5/h6-8,12H,1-5H3,(H,19,20)(H,21,22)/b9-6+. The number of aliphatic carboxylic acids is 1. The van der Waals surface area contributed by atoms with Gasteiger partial charge >= 0.3 is 5.97 Å². The molecule has 1 unspecified atom stereocenters. The van der Waals surface area contributed by atoms with Gasteiger partial charge < -0.3 is 19.6 Å². The van der Waals surface area contributed by atoms with Crippen LogP contribution < -0.4 is 10.1 Å². The van der Waals surface area contributed by atoms with E-state index in [9.17, 15) is 9.59 Å². The van der Waals surface area contributed by atoms with Crippen LogP contribution in [0.1, 0.15) is 30.5 Å². The van der Waals surface area contributed by atoms with Crippen molar-refractivity contribution in [1.82, 2.24) is 5.32 Å². The molecule has 1 aromatic carbocycles. The Morgan fingerprint density at radius 2 is 2.04 bits per heavy atom. The number of nitrogens with one attached hydrogen (secondary N) is 1. The average Bonchev–Trinajstić information content (AvgIpc) is 2.88. The van der Waals surface area contributed by atoms with E-state index in [0.29, 0.717) is 11.3 Å². The number of furan rings is 1. The number of carboxylic acid groups (broad SMARTS) is 1. The summed E-state index contributed by atoms with van der Waals surface area (Å²) in [5.41, 5.74) is 4.04. The van der Waals surface area contributed by atoms with Gasteiger partial charge in [0.2, 0.25) is 5.91 Å². The molecule has 6 nitrogen and oxygen atoms in total. The fraction of sp³-hybridized carbons (Fsp3) is 0.333. The minimum absolute atomic E-state index is 0.467. The number of rotatable bonds is 5. The molecule has 0 saturated carbocycles. The molecule has 2 N–H and O–H groups in total. The normalized spacial score (nSPS) is 13.0. The fourth-order valence-corrected chi connectivity index (χ4v) is 2.59. The zero-order valence-electron chi connectivity index (χ0n) is 14.4. The molecule has 0 bridgehead atoms. The van der Waals surface area contributed by atoms with Gasteiger partial charge in [-0.25, -0.2) is 0 Å². The average molecular weight is 331 g/mol. The molecule has 0 saturated heterocycles. The first-order chi connectivity index (χ1) is 11.3. The largest absolute Gasteiger partial charge is 0.496 e. The van der Waals surface area contributed by atoms with Gasteiger partial charge in [-0.3, -0.25) is 9.59 Å². The number of benzene rings is 1. The molecule has 0 aliphatic carbocycles. The van der Waals surface area contributed by atoms with Gasteiger partial charge in [0.25, 0.3) is 0 Å². The van der Waals surface area contributed by atoms with Crippen molar-refractivity contribution in [2.45, 2.75) is 33.7 Å². The smallest absolute Gasteiger partial charge is 0.325 e. The van der Waals surface area contributed by atoms with Crippen LogP contribution in [0.3, 0.4) is 0 Å². The molecule has 1 amide bonds. The van der Waals surface area contributed by atoms with Crippen molar-refractivity contribution in [3.8, 4) is 5.75 Å². The predicted octanol–water partition coefficient (Wildman–Crippen LogP) is 3.05. The summed E-state index contributed by atoms with van der Waals surface area (Å²) in [6, 6.07) is 0.962. The van der Waals surface area contributed by atoms with Gasteiger partial charge in [-0.2, -0.15) is 0 Å². The maximum absolute atomic E-state index is 12.0. The molecule has 0 spiro atoms. The van der Waals surface area contributed by atoms with Crippen LogP contribution >= 0.6 is 0 Å². The van der Waals surface area contributed by atoms with Gasteiger partial charge in [-0.15, -0.1) is 0 Å². The van der Waals surface area contributed by atoms with E-state index in [1.165, 1.54) is 13.0 Å². The molecule has 128 valence electrons. The van der Waals surface area contributed by atoms with Crippen molar-refractivity contribution in [2.75, 3.05) is 7.11 Å². The first-order valence-electron chi connectivity index (χ1n) is 7.53. The van der Waals surface area contributed by atoms with Crippen molar-refractivity contribution in [3.05, 3.63) is 35.1 Å². The summed E-state index contributed by atoms with van der Waals surface area (Å²) < 4.78 is 11.1. The van der Waals surface area contributed by atoms with Gasteiger partial charge in [-0.1, -0.05) is 0 Å². The van der Waals surface area contributed by atoms with Crippen LogP contribution in [0.15, 0.2) is 22.8 Å². The van der Waals surface area contributed by atoms with E-state index in [2.05, 4.69) is 5.32 Å². The number of hydrogen-bond donors (Lipinski definition) is 2. The number of methoxy groups -OCH3 is 1. The third-order valence-electron chi connectivity index (χ3n) is 3.94. The molecule has 0 aliphatic heterocycles. The second-order valence-corrected chi connectivity index (χ2v) is 5.77. The Morgan fingerprint density at radius 3 is 2.62 bits per heavy atom. The van der Waals surface area contributed by atoms with Crippen LogP contribution in [-0.4, -0.2) is 30.1 Å². The molecule has 0 fully saturated rings. The number of carboxylic acids is 1. The van der Waals surface area contributed by atoms with E-state index in [0.717, 1.165) is 27.7 Å². The van der Waals surface area contributed by atoms with Crippen molar-refractivity contribution >= 4 is 28.4 Å². The Hall–Kier alpha value is -2.76. The Morgan fingerprint density at radius 1 is 1.38 bits per heavy atom. The SMILES string of the molecule is COc1c(/C(C)=C/C(=O)NC(C)C(=O)O)cc2c(C)coc2c1C. The summed E-state index contributed by atoms with van der Waals surface area (Å²) in [6.45, 7) is 7.04. The van der Waals surface area contributed by atoms with E-state index in [1.807, 2.05) is 19.9 Å². The van der Waals surface area contributed by atoms with Crippen molar-refractivity contribution in [2.24, 2.45) is 0 Å². The summed E-state index contributed by atoms with van der Waals surface area (Å²) in [4.78, 5) is 22.8. The van der Waals surface area contributed by atoms with Gasteiger partial charge in [-0.05, 0) is 44.9 Å². The van der Waals surface area contributed by atoms with Crippen molar-refractivity contribution in [3.63, 3.8) is 0 Å². The summed E-state index contributed by atoms with van der Waals surface area (Å²) >= 11 is 0. The zero-order chi connectivity index (χ0) is 18.0. The number of carbonyl (C=O) groups excluding carboxylic acids is 1. The molecule has 2 rings (SSSR count). The molecular formula is C18H21NO5. The number of amides is 1. The van der Waals surface area contributed by atoms with E-state index >= 15 is 0 Å². The zero-order valence-corrected chi connectivity index (χ0v) is 14.4. The predicted molar refractivity (Wildman–Crippen MR) is 91.1 cm³/mol. The van der Waals surface area contributed by atoms with Crippen molar-refractivity contribution < 1.29 is 23.8 Å². The molecule has 24 heavy (non-hydrogen) atoms. The van der Waals surface area contributed by atoms with Crippen LogP contribution in [0.5, 0.6) is 5.75 Å². The highest BCUT2D eigenvalue weighted by atomic mass is 16.5. The van der Waals surface area contributed by atoms with Crippen LogP contribution in [0.4, 0.5) is 0 Å². The minimum Gasteiger partial charge on any atom is -0.496 e. The first-order valence-corrected chi connectivity index (χ1v) is 7.53. The maximum atomic E-state index is 12.0. The number of allylic oxidation sites excluding steroid dienone is 1. The third kappa shape index (κ3) is 3.27. The highest BCUT2D eigenvalue weighted by Crippen LogP contribution is 2.37. The Bertz CT molecular complexity index is 832. The third-order valence-corrected chi connectivity index (χ3v) is 3.94. The lowest BCUT2D eigenvalue weighted by molar-refractivity contribution is -0.140. The first kappa shape index (κ1) is 17.6. The summed E-state index contributed by atoms with van der Waals surface area (Å²) in [5, 5.41) is 12.2. The quantitative estimate of drug-likeness (QED) is 0.822. The second-order valence-electron chi connectivity index (χ2n) is 5.77. The van der Waals surface area contributed by atoms with E-state index < -0.39 is 17.9 Å². The molecular weight excluding hydrogens is 310 g/mol. The van der Waals surface area contributed by atoms with Crippen molar-refractivity contribution in [1.29, 1.82) is 0 Å². The van der Waals surface area contributed by atoms with Gasteiger partial charge in [0, 0.05) is 22.6 Å². The number of aryl methyl sites for hydroxylation is 2. The van der Waals surface area contributed by atoms with Gasteiger partial charge in [0.1, 0.15) is 17.4 Å². The molecule has 1 heterocycles. The lowest BCUT2D eigenvalue weighted by atomic mass is 9.98. The highest BCUT2D eigenvalue weighted by Gasteiger charge is 2.17. The maximum Gasteiger partial charge on any atom is 0.325 e. The summed E-state index contributed by atoms with van der Waals surface area (Å²) in [6.07, 6.45) is 3.05. The molecule has 1 aromatic heterocycles. The van der Waals surface area contributed by atoms with E-state index in [-0.39, 0.29) is 0 Å². The Balaban J connectivity index is 2.46. The number of fused-ring (bicyclic) bond motifs is 1. The second kappa shape index (κ2) is 6.78. The molecule has 0 aliphatic rings. The molecule has 0 radical (unpaired) electrons. The summed E-state index contributed by atoms with van der Waals surface area (Å²) in [7, 11) is 1.56. The highest BCUT2D eigenvalue weighted by molar-refractivity contribution is 5.99. The number of hydrogen-bond acceptors (Lipinski definition) is 4. The monoisotopic (exact) mass is 331 g/mol. The van der Waals surface area contributed by atoms with Crippen LogP contribution in [0, 0.1) is 13.8 Å². The molecule has 1 atom stereocenters. The van der Waals surface area contributed by atoms with Crippen LogP contribution in [-0.2, 0) is 9.59 Å². The lowest BCUT2D eigenvalue weighted by Gasteiger charge is -2.13. The minimum atomic E-state index is -1.08. The Labute approximate surface area is 140 Å². The Kier molecular flexibility index (Phi) is 4.97. The fourth-order valence-electron chi connectivity index (χ4n) is 2.59. The molecule has 6 heteroatoms. The van der Waals surface area contributed by atoms with Gasteiger partial charge in [0.15, 0.2) is 0 Å². The molecule has 2 aromatic rings. The van der Waals surface area contributed by atoms with E-state index in [1.54, 1.807) is 20.3 Å². The number of carbonyl (C=O) groups is 2. The van der Waals surface area contributed by atoms with E-state index in [4.69, 9.17) is 14.3 Å². The summed E-state index contributed by atoms with van der Waals surface area (Å²) in [5.74, 6) is -0.922. The lowest BCUT2D eigenvalue weighted by Crippen LogP contribution is -2.37. The van der Waals surface area contributed by atoms with Crippen LogP contribution in [0.2, 0.25) is 0 Å². The number of ether oxygens (including phenoxy) is 1. The topological polar surface area (TPSA) is 88.8 Å².